The second kappa shape index (κ2) is 4.63. The molecule has 90 valence electrons. The monoisotopic (exact) mass is 247 g/mol. The van der Waals surface area contributed by atoms with E-state index < -0.39 is 0 Å². The molecule has 0 saturated carbocycles. The average Bonchev–Trinajstić information content (AvgIpc) is 2.87. The first-order valence-electron chi connectivity index (χ1n) is 6.17. The van der Waals surface area contributed by atoms with Gasteiger partial charge in [-0.3, -0.25) is 0 Å². The Morgan fingerprint density at radius 3 is 3.29 bits per heavy atom. The molecular weight excluding hydrogens is 230 g/mol. The average molecular weight is 247 g/mol. The number of rotatable bonds is 2. The first-order chi connectivity index (χ1) is 8.38. The zero-order valence-electron chi connectivity index (χ0n) is 9.80. The predicted molar refractivity (Wildman–Crippen MR) is 73.6 cm³/mol. The molecule has 17 heavy (non-hydrogen) atoms. The number of aromatic nitrogens is 1. The lowest BCUT2D eigenvalue weighted by Crippen LogP contribution is -2.38. The molecule has 1 aromatic heterocycles. The molecule has 1 aromatic carbocycles. The van der Waals surface area contributed by atoms with Crippen molar-refractivity contribution >= 4 is 27.3 Å². The van der Waals surface area contributed by atoms with Gasteiger partial charge in [0.15, 0.2) is 0 Å². The van der Waals surface area contributed by atoms with Crippen LogP contribution in [0.3, 0.4) is 0 Å². The van der Waals surface area contributed by atoms with Gasteiger partial charge >= 0.3 is 0 Å². The minimum absolute atomic E-state index is 0.644. The van der Waals surface area contributed by atoms with Crippen LogP contribution < -0.4 is 10.6 Å². The van der Waals surface area contributed by atoms with E-state index in [0.29, 0.717) is 5.92 Å². The fourth-order valence-corrected chi connectivity index (χ4v) is 3.30. The van der Waals surface area contributed by atoms with Gasteiger partial charge in [-0.1, -0.05) is 6.07 Å². The van der Waals surface area contributed by atoms with Gasteiger partial charge in [0.05, 0.1) is 10.9 Å². The Morgan fingerprint density at radius 1 is 1.47 bits per heavy atom. The third kappa shape index (κ3) is 2.03. The third-order valence-corrected chi connectivity index (χ3v) is 4.33. The highest BCUT2D eigenvalue weighted by Crippen LogP contribution is 2.31. The van der Waals surface area contributed by atoms with E-state index in [1.54, 1.807) is 11.5 Å². The van der Waals surface area contributed by atoms with Gasteiger partial charge < -0.3 is 10.6 Å². The molecule has 4 heteroatoms. The van der Waals surface area contributed by atoms with E-state index in [2.05, 4.69) is 27.5 Å². The second-order valence-electron chi connectivity index (χ2n) is 4.70. The van der Waals surface area contributed by atoms with Crippen LogP contribution in [-0.2, 0) is 0 Å². The molecule has 1 atom stereocenters. The minimum Gasteiger partial charge on any atom is -0.371 e. The van der Waals surface area contributed by atoms with Crippen molar-refractivity contribution in [2.75, 3.05) is 24.5 Å². The van der Waals surface area contributed by atoms with E-state index in [0.717, 1.165) is 19.6 Å². The SMILES string of the molecule is NCC1CCCN(c2cccc3sncc23)C1. The smallest absolute Gasteiger partial charge is 0.0570 e. The summed E-state index contributed by atoms with van der Waals surface area (Å²) in [7, 11) is 0. The number of nitrogens with zero attached hydrogens (tertiary/aromatic N) is 2. The molecule has 1 aliphatic heterocycles. The highest BCUT2D eigenvalue weighted by molar-refractivity contribution is 7.13. The van der Waals surface area contributed by atoms with Crippen LogP contribution in [-0.4, -0.2) is 24.0 Å². The summed E-state index contributed by atoms with van der Waals surface area (Å²) in [6.07, 6.45) is 4.50. The highest BCUT2D eigenvalue weighted by atomic mass is 32.1. The first kappa shape index (κ1) is 11.0. The lowest BCUT2D eigenvalue weighted by Gasteiger charge is -2.34. The van der Waals surface area contributed by atoms with Crippen molar-refractivity contribution in [1.82, 2.24) is 4.37 Å². The van der Waals surface area contributed by atoms with Gasteiger partial charge in [0.25, 0.3) is 0 Å². The van der Waals surface area contributed by atoms with Crippen molar-refractivity contribution in [3.8, 4) is 0 Å². The molecular formula is C13H17N3S. The summed E-state index contributed by atoms with van der Waals surface area (Å²) >= 11 is 1.57. The molecule has 2 N–H and O–H groups in total. The number of fused-ring (bicyclic) bond motifs is 1. The van der Waals surface area contributed by atoms with Crippen LogP contribution in [0.5, 0.6) is 0 Å². The molecule has 1 saturated heterocycles. The summed E-state index contributed by atoms with van der Waals surface area (Å²) in [5.74, 6) is 0.644. The number of piperidine rings is 1. The summed E-state index contributed by atoms with van der Waals surface area (Å²) in [6, 6.07) is 6.47. The van der Waals surface area contributed by atoms with E-state index in [9.17, 15) is 0 Å². The Kier molecular flexibility index (Phi) is 2.99. The standard InChI is InChI=1S/C13H17N3S/c14-7-10-3-2-6-16(9-10)12-4-1-5-13-11(12)8-15-17-13/h1,4-5,8,10H,2-3,6-7,9,14H2. The Hall–Kier alpha value is -1.13. The van der Waals surface area contributed by atoms with Gasteiger partial charge in [-0.25, -0.2) is 0 Å². The third-order valence-electron chi connectivity index (χ3n) is 3.57. The molecule has 2 heterocycles. The van der Waals surface area contributed by atoms with Crippen LogP contribution in [0.2, 0.25) is 0 Å². The largest absolute Gasteiger partial charge is 0.371 e. The molecule has 0 radical (unpaired) electrons. The molecule has 0 aliphatic carbocycles. The maximum Gasteiger partial charge on any atom is 0.0570 e. The van der Waals surface area contributed by atoms with Crippen LogP contribution in [0.1, 0.15) is 12.8 Å². The Bertz CT molecular complexity index is 508. The Morgan fingerprint density at radius 2 is 2.41 bits per heavy atom. The second-order valence-corrected chi connectivity index (χ2v) is 5.54. The van der Waals surface area contributed by atoms with Crippen molar-refractivity contribution in [1.29, 1.82) is 0 Å². The zero-order chi connectivity index (χ0) is 11.7. The van der Waals surface area contributed by atoms with E-state index in [-0.39, 0.29) is 0 Å². The van der Waals surface area contributed by atoms with E-state index >= 15 is 0 Å². The van der Waals surface area contributed by atoms with Crippen molar-refractivity contribution in [2.45, 2.75) is 12.8 Å². The predicted octanol–water partition coefficient (Wildman–Crippen LogP) is 2.47. The molecule has 1 aliphatic rings. The molecule has 3 rings (SSSR count). The maximum absolute atomic E-state index is 5.80. The van der Waals surface area contributed by atoms with Gasteiger partial charge in [0.1, 0.15) is 0 Å². The van der Waals surface area contributed by atoms with E-state index in [1.165, 1.54) is 28.6 Å². The fourth-order valence-electron chi connectivity index (χ4n) is 2.63. The summed E-state index contributed by atoms with van der Waals surface area (Å²) in [4.78, 5) is 2.47. The minimum atomic E-state index is 0.644. The van der Waals surface area contributed by atoms with Crippen LogP contribution in [0.15, 0.2) is 24.4 Å². The van der Waals surface area contributed by atoms with Crippen molar-refractivity contribution in [3.63, 3.8) is 0 Å². The van der Waals surface area contributed by atoms with E-state index in [4.69, 9.17) is 5.73 Å². The number of benzene rings is 1. The lowest BCUT2D eigenvalue weighted by atomic mass is 9.97. The summed E-state index contributed by atoms with van der Waals surface area (Å²) < 4.78 is 5.56. The van der Waals surface area contributed by atoms with E-state index in [1.807, 2.05) is 6.20 Å². The molecule has 1 fully saturated rings. The number of anilines is 1. The van der Waals surface area contributed by atoms with Crippen LogP contribution in [0.4, 0.5) is 5.69 Å². The first-order valence-corrected chi connectivity index (χ1v) is 6.94. The Labute approximate surface area is 105 Å². The molecule has 1 unspecified atom stereocenters. The van der Waals surface area contributed by atoms with Gasteiger partial charge in [0, 0.05) is 24.2 Å². The topological polar surface area (TPSA) is 42.1 Å². The molecule has 0 bridgehead atoms. The Balaban J connectivity index is 1.94. The van der Waals surface area contributed by atoms with Gasteiger partial charge in [-0.05, 0) is 49.0 Å². The maximum atomic E-state index is 5.80. The van der Waals surface area contributed by atoms with Crippen molar-refractivity contribution in [3.05, 3.63) is 24.4 Å². The quantitative estimate of drug-likeness (QED) is 0.886. The summed E-state index contributed by atoms with van der Waals surface area (Å²) in [5, 5.41) is 1.29. The zero-order valence-corrected chi connectivity index (χ0v) is 10.6. The number of nitrogens with two attached hydrogens (primary N) is 1. The van der Waals surface area contributed by atoms with Gasteiger partial charge in [-0.2, -0.15) is 4.37 Å². The molecule has 2 aromatic rings. The summed E-state index contributed by atoms with van der Waals surface area (Å²) in [6.45, 7) is 3.03. The molecule has 0 amide bonds. The van der Waals surface area contributed by atoms with Crippen molar-refractivity contribution < 1.29 is 0 Å². The lowest BCUT2D eigenvalue weighted by molar-refractivity contribution is 0.424. The highest BCUT2D eigenvalue weighted by Gasteiger charge is 2.20. The van der Waals surface area contributed by atoms with Crippen LogP contribution >= 0.6 is 11.5 Å². The van der Waals surface area contributed by atoms with Gasteiger partial charge in [-0.15, -0.1) is 0 Å². The van der Waals surface area contributed by atoms with Gasteiger partial charge in [0.2, 0.25) is 0 Å². The number of hydrogen-bond donors (Lipinski definition) is 1. The number of hydrogen-bond acceptors (Lipinski definition) is 4. The van der Waals surface area contributed by atoms with Crippen LogP contribution in [0.25, 0.3) is 10.1 Å². The summed E-state index contributed by atoms with van der Waals surface area (Å²) in [5.41, 5.74) is 7.13. The molecule has 3 nitrogen and oxygen atoms in total. The van der Waals surface area contributed by atoms with Crippen molar-refractivity contribution in [2.24, 2.45) is 11.7 Å². The normalized spacial score (nSPS) is 21.0. The fraction of sp³-hybridized carbons (Fsp3) is 0.462. The van der Waals surface area contributed by atoms with Crippen LogP contribution in [0, 0.1) is 5.92 Å². The molecule has 0 spiro atoms.